The highest BCUT2D eigenvalue weighted by Gasteiger charge is 2.37. The summed E-state index contributed by atoms with van der Waals surface area (Å²) in [5.74, 6) is -0.406. The Kier molecular flexibility index (Phi) is 4.47. The van der Waals surface area contributed by atoms with Crippen LogP contribution in [0.4, 0.5) is 17.6 Å². The minimum atomic E-state index is -4.63. The summed E-state index contributed by atoms with van der Waals surface area (Å²) < 4.78 is 48.7. The molecule has 0 heterocycles. The molecule has 0 saturated carbocycles. The average Bonchev–Trinajstić information content (AvgIpc) is 2.25. The maximum absolute atomic E-state index is 12.6. The number of rotatable bonds is 4. The van der Waals surface area contributed by atoms with E-state index in [-0.39, 0.29) is 0 Å². The van der Waals surface area contributed by atoms with E-state index in [1.165, 1.54) is 24.3 Å². The highest BCUT2D eigenvalue weighted by Crippen LogP contribution is 2.20. The molecule has 2 nitrogen and oxygen atoms in total. The van der Waals surface area contributed by atoms with Crippen LogP contribution in [-0.2, 0) is 0 Å². The first-order chi connectivity index (χ1) is 7.80. The highest BCUT2D eigenvalue weighted by molar-refractivity contribution is 5.19. The van der Waals surface area contributed by atoms with E-state index in [0.717, 1.165) is 0 Å². The molecule has 0 aromatic heterocycles. The molecule has 0 amide bonds. The molecule has 1 aromatic carbocycles. The van der Waals surface area contributed by atoms with Crippen LogP contribution >= 0.6 is 0 Å². The van der Waals surface area contributed by atoms with E-state index in [4.69, 9.17) is 5.11 Å². The van der Waals surface area contributed by atoms with Gasteiger partial charge in [0.2, 0.25) is 0 Å². The van der Waals surface area contributed by atoms with Crippen molar-refractivity contribution in [1.29, 1.82) is 0 Å². The third-order valence-electron chi connectivity index (χ3n) is 2.37. The van der Waals surface area contributed by atoms with E-state index in [1.54, 1.807) is 6.92 Å². The number of hydrogen-bond acceptors (Lipinski definition) is 2. The van der Waals surface area contributed by atoms with Gasteiger partial charge in [0.25, 0.3) is 0 Å². The lowest BCUT2D eigenvalue weighted by molar-refractivity contribution is -0.202. The SMILES string of the molecule is CC(NCC(O)C(F)(F)F)c1ccc(F)cc1. The second kappa shape index (κ2) is 5.46. The monoisotopic (exact) mass is 251 g/mol. The van der Waals surface area contributed by atoms with Crippen LogP contribution in [0.2, 0.25) is 0 Å². The summed E-state index contributed by atoms with van der Waals surface area (Å²) in [4.78, 5) is 0. The smallest absolute Gasteiger partial charge is 0.382 e. The summed E-state index contributed by atoms with van der Waals surface area (Å²) >= 11 is 0. The van der Waals surface area contributed by atoms with E-state index >= 15 is 0 Å². The van der Waals surface area contributed by atoms with E-state index in [0.29, 0.717) is 5.56 Å². The van der Waals surface area contributed by atoms with Crippen LogP contribution in [-0.4, -0.2) is 23.9 Å². The minimum absolute atomic E-state index is 0.396. The largest absolute Gasteiger partial charge is 0.415 e. The van der Waals surface area contributed by atoms with Gasteiger partial charge in [-0.05, 0) is 24.6 Å². The van der Waals surface area contributed by atoms with Crippen LogP contribution in [0.5, 0.6) is 0 Å². The fraction of sp³-hybridized carbons (Fsp3) is 0.455. The van der Waals surface area contributed by atoms with Crippen molar-refractivity contribution >= 4 is 0 Å². The maximum atomic E-state index is 12.6. The van der Waals surface area contributed by atoms with Gasteiger partial charge in [-0.15, -0.1) is 0 Å². The molecule has 0 bridgehead atoms. The van der Waals surface area contributed by atoms with Crippen LogP contribution in [0.1, 0.15) is 18.5 Å². The molecular formula is C11H13F4NO. The quantitative estimate of drug-likeness (QED) is 0.805. The zero-order valence-electron chi connectivity index (χ0n) is 9.13. The Morgan fingerprint density at radius 1 is 1.24 bits per heavy atom. The summed E-state index contributed by atoms with van der Waals surface area (Å²) in [7, 11) is 0. The zero-order valence-corrected chi connectivity index (χ0v) is 9.13. The van der Waals surface area contributed by atoms with E-state index < -0.39 is 30.7 Å². The van der Waals surface area contributed by atoms with E-state index in [1.807, 2.05) is 0 Å². The Morgan fingerprint density at radius 3 is 2.24 bits per heavy atom. The summed E-state index contributed by atoms with van der Waals surface area (Å²) in [6.07, 6.45) is -7.03. The zero-order chi connectivity index (χ0) is 13.1. The van der Waals surface area contributed by atoms with Crippen LogP contribution < -0.4 is 5.32 Å². The summed E-state index contributed by atoms with van der Waals surface area (Å²) in [5, 5.41) is 11.3. The van der Waals surface area contributed by atoms with E-state index in [2.05, 4.69) is 5.32 Å². The number of benzene rings is 1. The Hall–Kier alpha value is -1.14. The first kappa shape index (κ1) is 13.9. The summed E-state index contributed by atoms with van der Waals surface area (Å²) in [5.41, 5.74) is 0.653. The molecular weight excluding hydrogens is 238 g/mol. The number of hydrogen-bond donors (Lipinski definition) is 2. The molecule has 1 aromatic rings. The molecule has 2 unspecified atom stereocenters. The van der Waals surface area contributed by atoms with Crippen molar-refractivity contribution in [3.8, 4) is 0 Å². The Morgan fingerprint density at radius 2 is 1.76 bits per heavy atom. The van der Waals surface area contributed by atoms with Crippen molar-refractivity contribution in [2.24, 2.45) is 0 Å². The first-order valence-electron chi connectivity index (χ1n) is 5.04. The lowest BCUT2D eigenvalue weighted by Gasteiger charge is -2.19. The number of aliphatic hydroxyl groups is 1. The van der Waals surface area contributed by atoms with Crippen LogP contribution in [0.3, 0.4) is 0 Å². The van der Waals surface area contributed by atoms with Crippen LogP contribution in [0.25, 0.3) is 0 Å². The molecule has 17 heavy (non-hydrogen) atoms. The average molecular weight is 251 g/mol. The van der Waals surface area contributed by atoms with Crippen molar-refractivity contribution in [1.82, 2.24) is 5.32 Å². The van der Waals surface area contributed by atoms with Gasteiger partial charge in [0, 0.05) is 12.6 Å². The summed E-state index contributed by atoms with van der Waals surface area (Å²) in [6, 6.07) is 5.02. The predicted molar refractivity (Wildman–Crippen MR) is 54.9 cm³/mol. The van der Waals surface area contributed by atoms with Crippen molar-refractivity contribution in [2.75, 3.05) is 6.54 Å². The van der Waals surface area contributed by atoms with Gasteiger partial charge in [0.1, 0.15) is 5.82 Å². The third-order valence-corrected chi connectivity index (χ3v) is 2.37. The number of aliphatic hydroxyl groups excluding tert-OH is 1. The van der Waals surface area contributed by atoms with Crippen LogP contribution in [0, 0.1) is 5.82 Å². The highest BCUT2D eigenvalue weighted by atomic mass is 19.4. The molecule has 0 aliphatic carbocycles. The normalized spacial score (nSPS) is 15.6. The molecule has 0 saturated heterocycles. The fourth-order valence-electron chi connectivity index (χ4n) is 1.27. The van der Waals surface area contributed by atoms with Gasteiger partial charge >= 0.3 is 6.18 Å². The van der Waals surface area contributed by atoms with Crippen molar-refractivity contribution in [3.05, 3.63) is 35.6 Å². The molecule has 0 spiro atoms. The predicted octanol–water partition coefficient (Wildman–Crippen LogP) is 2.40. The first-order valence-corrected chi connectivity index (χ1v) is 5.04. The molecule has 0 fully saturated rings. The number of alkyl halides is 3. The number of halogens is 4. The molecule has 0 aliphatic rings. The standard InChI is InChI=1S/C11H13F4NO/c1-7(8-2-4-9(12)5-3-8)16-6-10(17)11(13,14)15/h2-5,7,10,16-17H,6H2,1H3. The maximum Gasteiger partial charge on any atom is 0.415 e. The van der Waals surface area contributed by atoms with Gasteiger partial charge in [0.15, 0.2) is 6.10 Å². The fourth-order valence-corrected chi connectivity index (χ4v) is 1.27. The van der Waals surface area contributed by atoms with Gasteiger partial charge in [-0.3, -0.25) is 0 Å². The summed E-state index contributed by atoms with van der Waals surface area (Å²) in [6.45, 7) is 1.04. The molecule has 0 radical (unpaired) electrons. The van der Waals surface area contributed by atoms with Crippen molar-refractivity contribution in [3.63, 3.8) is 0 Å². The minimum Gasteiger partial charge on any atom is -0.382 e. The molecule has 2 N–H and O–H groups in total. The Bertz CT molecular complexity index is 349. The second-order valence-electron chi connectivity index (χ2n) is 3.74. The van der Waals surface area contributed by atoms with Gasteiger partial charge in [0.05, 0.1) is 0 Å². The number of nitrogens with one attached hydrogen (secondary N) is 1. The Labute approximate surface area is 96.3 Å². The Balaban J connectivity index is 2.50. The molecule has 2 atom stereocenters. The second-order valence-corrected chi connectivity index (χ2v) is 3.74. The molecule has 0 aliphatic heterocycles. The van der Waals surface area contributed by atoms with Crippen LogP contribution in [0.15, 0.2) is 24.3 Å². The van der Waals surface area contributed by atoms with Crippen molar-refractivity contribution < 1.29 is 22.7 Å². The lowest BCUT2D eigenvalue weighted by Crippen LogP contribution is -2.39. The van der Waals surface area contributed by atoms with Gasteiger partial charge < -0.3 is 10.4 Å². The van der Waals surface area contributed by atoms with Crippen molar-refractivity contribution in [2.45, 2.75) is 25.2 Å². The van der Waals surface area contributed by atoms with Gasteiger partial charge in [-0.2, -0.15) is 13.2 Å². The molecule has 96 valence electrons. The molecule has 6 heteroatoms. The van der Waals surface area contributed by atoms with Gasteiger partial charge in [-0.1, -0.05) is 12.1 Å². The molecule has 1 rings (SSSR count). The van der Waals surface area contributed by atoms with E-state index in [9.17, 15) is 17.6 Å². The van der Waals surface area contributed by atoms with Gasteiger partial charge in [-0.25, -0.2) is 4.39 Å². The topological polar surface area (TPSA) is 32.3 Å². The third kappa shape index (κ3) is 4.32. The lowest BCUT2D eigenvalue weighted by atomic mass is 10.1.